The molecule has 0 radical (unpaired) electrons. The van der Waals surface area contributed by atoms with E-state index in [4.69, 9.17) is 4.74 Å². The summed E-state index contributed by atoms with van der Waals surface area (Å²) in [5.41, 5.74) is 3.95. The second-order valence-electron chi connectivity index (χ2n) is 11.9. The van der Waals surface area contributed by atoms with E-state index in [1.807, 2.05) is 14.1 Å². The fraction of sp³-hybridized carbons (Fsp3) is 0.424. The van der Waals surface area contributed by atoms with Crippen LogP contribution in [0.1, 0.15) is 56.1 Å². The molecule has 4 nitrogen and oxygen atoms in total. The van der Waals surface area contributed by atoms with Crippen LogP contribution in [-0.2, 0) is 9.53 Å². The molecule has 4 aliphatic rings. The third kappa shape index (κ3) is 5.81. The lowest BCUT2D eigenvalue weighted by Crippen LogP contribution is -2.53. The maximum Gasteiger partial charge on any atom is 0.156 e. The van der Waals surface area contributed by atoms with Crippen LogP contribution in [0, 0.1) is 34.8 Å². The second-order valence-corrected chi connectivity index (χ2v) is 11.9. The highest BCUT2D eigenvalue weighted by molar-refractivity contribution is 7.59. The van der Waals surface area contributed by atoms with Gasteiger partial charge in [-0.3, -0.25) is 4.79 Å². The standard InChI is InChI=1S/C33H33F2NO3.3H2S/c1-32-18-28(21-4-6-25(7-5-21)36(2)3)30-27-9-8-26(37)16-22(27)19-39-31(30)29(32)11-13-33(32,38)12-10-20-14-23(34)17-24(35)15-20;;;/h4-7,14-17,28-29,31,38H,8-9,11,13,18-19H2,1-3H3;3*1H2/t28-,29+,31+,32+,33+;;;/m1.../s1. The van der Waals surface area contributed by atoms with Crippen LogP contribution in [0.5, 0.6) is 0 Å². The van der Waals surface area contributed by atoms with E-state index in [0.29, 0.717) is 32.3 Å². The van der Waals surface area contributed by atoms with Crippen molar-refractivity contribution in [3.05, 3.63) is 88.0 Å². The molecule has 1 N–H and O–H groups in total. The third-order valence-electron chi connectivity index (χ3n) is 9.46. The van der Waals surface area contributed by atoms with Crippen LogP contribution in [-0.4, -0.2) is 43.3 Å². The molecule has 0 saturated heterocycles. The quantitative estimate of drug-likeness (QED) is 0.411. The molecule has 0 unspecified atom stereocenters. The molecule has 2 aromatic carbocycles. The van der Waals surface area contributed by atoms with Crippen molar-refractivity contribution in [1.82, 2.24) is 0 Å². The fourth-order valence-electron chi connectivity index (χ4n) is 7.33. The van der Waals surface area contributed by atoms with Gasteiger partial charge in [-0.2, -0.15) is 40.5 Å². The maximum atomic E-state index is 13.8. The zero-order valence-corrected chi connectivity index (χ0v) is 27.1. The van der Waals surface area contributed by atoms with Crippen LogP contribution in [0.2, 0.25) is 0 Å². The van der Waals surface area contributed by atoms with Crippen molar-refractivity contribution < 1.29 is 23.4 Å². The SMILES string of the molecule is CN(C)c1ccc([C@H]2C[C@@]3(C)[C@@H](CC[C@@]3(O)C#Cc3cc(F)cc(F)c3)[C@@H]3OCC4=CC(=O)CCC4=C32)cc1.S.S.S. The minimum atomic E-state index is -1.35. The van der Waals surface area contributed by atoms with Crippen molar-refractivity contribution in [2.45, 2.75) is 56.7 Å². The molecule has 2 saturated carbocycles. The number of hydrogen-bond acceptors (Lipinski definition) is 4. The van der Waals surface area contributed by atoms with Crippen molar-refractivity contribution in [3.8, 4) is 11.8 Å². The van der Waals surface area contributed by atoms with Crippen molar-refractivity contribution in [2.24, 2.45) is 11.3 Å². The van der Waals surface area contributed by atoms with Gasteiger partial charge in [0.2, 0.25) is 0 Å². The number of hydrogen-bond donors (Lipinski definition) is 1. The number of ketones is 1. The van der Waals surface area contributed by atoms with Crippen molar-refractivity contribution in [1.29, 1.82) is 0 Å². The lowest BCUT2D eigenvalue weighted by atomic mass is 9.55. The van der Waals surface area contributed by atoms with Crippen molar-refractivity contribution in [3.63, 3.8) is 0 Å². The zero-order valence-electron chi connectivity index (χ0n) is 24.1. The molecule has 1 heterocycles. The molecule has 5 atom stereocenters. The summed E-state index contributed by atoms with van der Waals surface area (Å²) in [6.45, 7) is 2.48. The van der Waals surface area contributed by atoms with Gasteiger partial charge >= 0.3 is 0 Å². The molecule has 0 bridgehead atoms. The van der Waals surface area contributed by atoms with E-state index in [1.165, 1.54) is 23.3 Å². The van der Waals surface area contributed by atoms with E-state index in [9.17, 15) is 18.7 Å². The summed E-state index contributed by atoms with van der Waals surface area (Å²) in [4.78, 5) is 14.3. The summed E-state index contributed by atoms with van der Waals surface area (Å²) in [6, 6.07) is 11.7. The Labute approximate surface area is 267 Å². The van der Waals surface area contributed by atoms with Crippen LogP contribution < -0.4 is 4.90 Å². The summed E-state index contributed by atoms with van der Waals surface area (Å²) in [6.07, 6.45) is 4.61. The average Bonchev–Trinajstić information content (AvgIpc) is 3.16. The van der Waals surface area contributed by atoms with Crippen LogP contribution in [0.15, 0.2) is 65.3 Å². The monoisotopic (exact) mass is 631 g/mol. The van der Waals surface area contributed by atoms with Gasteiger partial charge in [0.05, 0.1) is 12.7 Å². The molecule has 6 rings (SSSR count). The molecule has 42 heavy (non-hydrogen) atoms. The number of anilines is 1. The number of carbonyl (C=O) groups excluding carboxylic acids is 1. The second kappa shape index (κ2) is 12.8. The lowest BCUT2D eigenvalue weighted by molar-refractivity contribution is -0.115. The largest absolute Gasteiger partial charge is 0.378 e. The van der Waals surface area contributed by atoms with E-state index in [-0.39, 0.29) is 69.8 Å². The van der Waals surface area contributed by atoms with Crippen LogP contribution in [0.3, 0.4) is 0 Å². The Balaban J connectivity index is 0.00000161. The Morgan fingerprint density at radius 3 is 2.33 bits per heavy atom. The number of nitrogens with zero attached hydrogens (tertiary/aromatic N) is 1. The van der Waals surface area contributed by atoms with E-state index in [0.717, 1.165) is 29.3 Å². The van der Waals surface area contributed by atoms with Gasteiger partial charge in [0.25, 0.3) is 0 Å². The molecule has 0 amide bonds. The molecular formula is C33H39F2NO3S3. The number of aliphatic hydroxyl groups is 1. The lowest BCUT2D eigenvalue weighted by Gasteiger charge is -2.53. The first-order chi connectivity index (χ1) is 18.6. The van der Waals surface area contributed by atoms with E-state index >= 15 is 0 Å². The van der Waals surface area contributed by atoms with Gasteiger partial charge < -0.3 is 14.7 Å². The predicted octanol–water partition coefficient (Wildman–Crippen LogP) is 6.04. The van der Waals surface area contributed by atoms with Crippen LogP contribution >= 0.6 is 40.5 Å². The highest BCUT2D eigenvalue weighted by Crippen LogP contribution is 2.64. The molecular weight excluding hydrogens is 593 g/mol. The maximum absolute atomic E-state index is 13.8. The molecule has 2 aromatic rings. The number of benzene rings is 2. The van der Waals surface area contributed by atoms with Gasteiger partial charge in [-0.05, 0) is 84.2 Å². The molecule has 0 spiro atoms. The van der Waals surface area contributed by atoms with E-state index in [2.05, 4.69) is 47.9 Å². The number of halogens is 2. The summed E-state index contributed by atoms with van der Waals surface area (Å²) in [7, 11) is 4.02. The predicted molar refractivity (Wildman–Crippen MR) is 177 cm³/mol. The first kappa shape index (κ1) is 34.3. The van der Waals surface area contributed by atoms with Gasteiger partial charge in [0.1, 0.15) is 17.2 Å². The van der Waals surface area contributed by atoms with Gasteiger partial charge in [-0.25, -0.2) is 8.78 Å². The summed E-state index contributed by atoms with van der Waals surface area (Å²) in [5.74, 6) is 4.71. The summed E-state index contributed by atoms with van der Waals surface area (Å²) in [5, 5.41) is 12.1. The molecule has 226 valence electrons. The van der Waals surface area contributed by atoms with E-state index in [1.54, 1.807) is 6.08 Å². The first-order valence-electron chi connectivity index (χ1n) is 13.7. The number of carbonyl (C=O) groups is 1. The molecule has 3 aliphatic carbocycles. The fourth-order valence-corrected chi connectivity index (χ4v) is 7.33. The van der Waals surface area contributed by atoms with Crippen molar-refractivity contribution >= 4 is 52.0 Å². The van der Waals surface area contributed by atoms with E-state index < -0.39 is 22.7 Å². The number of rotatable bonds is 2. The summed E-state index contributed by atoms with van der Waals surface area (Å²) < 4.78 is 34.2. The Morgan fingerprint density at radius 2 is 1.69 bits per heavy atom. The number of allylic oxidation sites excluding steroid dienone is 1. The highest BCUT2D eigenvalue weighted by Gasteiger charge is 2.63. The average molecular weight is 632 g/mol. The summed E-state index contributed by atoms with van der Waals surface area (Å²) >= 11 is 0. The molecule has 0 aromatic heterocycles. The smallest absolute Gasteiger partial charge is 0.156 e. The molecule has 1 aliphatic heterocycles. The number of ether oxygens (including phenoxy) is 1. The minimum Gasteiger partial charge on any atom is -0.378 e. The van der Waals surface area contributed by atoms with Crippen molar-refractivity contribution in [2.75, 3.05) is 25.6 Å². The topological polar surface area (TPSA) is 49.8 Å². The number of fused-ring (bicyclic) bond motifs is 4. The Kier molecular flexibility index (Phi) is 10.4. The van der Waals surface area contributed by atoms with Gasteiger partial charge in [0.15, 0.2) is 5.78 Å². The Hall–Kier alpha value is -2.22. The van der Waals surface area contributed by atoms with Crippen LogP contribution in [0.4, 0.5) is 14.5 Å². The Morgan fingerprint density at radius 1 is 1.02 bits per heavy atom. The third-order valence-corrected chi connectivity index (χ3v) is 9.46. The first-order valence-corrected chi connectivity index (χ1v) is 13.7. The van der Waals surface area contributed by atoms with Gasteiger partial charge in [-0.15, -0.1) is 0 Å². The normalized spacial score (nSPS) is 29.2. The molecule has 9 heteroatoms. The molecule has 2 fully saturated rings. The highest BCUT2D eigenvalue weighted by atomic mass is 32.1. The van der Waals surface area contributed by atoms with Crippen LogP contribution in [0.25, 0.3) is 0 Å². The van der Waals surface area contributed by atoms with Gasteiger partial charge in [-0.1, -0.05) is 30.9 Å². The minimum absolute atomic E-state index is 0. The Bertz CT molecular complexity index is 1460. The zero-order chi connectivity index (χ0) is 27.5. The van der Waals surface area contributed by atoms with Gasteiger partial charge in [0, 0.05) is 49.2 Å².